The van der Waals surface area contributed by atoms with Gasteiger partial charge in [0.25, 0.3) is 0 Å². The minimum absolute atomic E-state index is 0. The molecule has 1 atom stereocenters. The van der Waals surface area contributed by atoms with E-state index in [1.807, 2.05) is 54.6 Å². The zero-order chi connectivity index (χ0) is 33.9. The number of nitrogens with zero attached hydrogens (tertiary/aromatic N) is 2. The SMILES string of the molecule is O=C(NC(CCC(=O)N1CCN(C(c2ccccc2)c2ccccc2)CC1)C(=O)Nc1ccc(Cl)cc1C(=O)O)OCc1ccccc1.[NaH]. The van der Waals surface area contributed by atoms with Gasteiger partial charge in [0.15, 0.2) is 0 Å². The van der Waals surface area contributed by atoms with Crippen LogP contribution in [0.5, 0.6) is 0 Å². The number of aromatic carboxylic acids is 1. The molecule has 1 aliphatic heterocycles. The Morgan fingerprint density at radius 3 is 1.94 bits per heavy atom. The van der Waals surface area contributed by atoms with Gasteiger partial charge in [0.2, 0.25) is 11.8 Å². The van der Waals surface area contributed by atoms with E-state index in [0.29, 0.717) is 26.2 Å². The van der Waals surface area contributed by atoms with Crippen LogP contribution < -0.4 is 10.6 Å². The van der Waals surface area contributed by atoms with Gasteiger partial charge in [0.05, 0.1) is 17.3 Å². The van der Waals surface area contributed by atoms with E-state index >= 15 is 0 Å². The van der Waals surface area contributed by atoms with Gasteiger partial charge in [-0.2, -0.15) is 0 Å². The van der Waals surface area contributed by atoms with Crippen molar-refractivity contribution in [1.29, 1.82) is 0 Å². The average molecular weight is 693 g/mol. The van der Waals surface area contributed by atoms with E-state index in [9.17, 15) is 24.3 Å². The Labute approximate surface area is 312 Å². The molecule has 10 nitrogen and oxygen atoms in total. The molecule has 1 aliphatic rings. The summed E-state index contributed by atoms with van der Waals surface area (Å²) in [6, 6.07) is 32.5. The van der Waals surface area contributed by atoms with Crippen LogP contribution in [0.4, 0.5) is 10.5 Å². The number of halogens is 1. The van der Waals surface area contributed by atoms with Crippen LogP contribution in [0.2, 0.25) is 5.02 Å². The van der Waals surface area contributed by atoms with Crippen LogP contribution in [0.1, 0.15) is 45.9 Å². The van der Waals surface area contributed by atoms with Gasteiger partial charge in [0.1, 0.15) is 12.6 Å². The zero-order valence-corrected chi connectivity index (χ0v) is 27.0. The third-order valence-corrected chi connectivity index (χ3v) is 8.44. The van der Waals surface area contributed by atoms with E-state index in [4.69, 9.17) is 16.3 Å². The Morgan fingerprint density at radius 1 is 0.796 bits per heavy atom. The first-order valence-corrected chi connectivity index (χ1v) is 16.1. The zero-order valence-electron chi connectivity index (χ0n) is 26.3. The van der Waals surface area contributed by atoms with Crippen LogP contribution >= 0.6 is 11.6 Å². The monoisotopic (exact) mass is 692 g/mol. The number of carbonyl (C=O) groups is 4. The fourth-order valence-corrected chi connectivity index (χ4v) is 5.91. The van der Waals surface area contributed by atoms with Gasteiger partial charge in [-0.05, 0) is 41.3 Å². The number of rotatable bonds is 12. The summed E-state index contributed by atoms with van der Waals surface area (Å²) in [5, 5.41) is 14.9. The van der Waals surface area contributed by atoms with E-state index in [1.165, 1.54) is 29.3 Å². The van der Waals surface area contributed by atoms with Crippen molar-refractivity contribution >= 4 is 70.7 Å². The number of amides is 3. The van der Waals surface area contributed by atoms with Crippen LogP contribution in [-0.4, -0.2) is 101 Å². The maximum absolute atomic E-state index is 13.4. The molecule has 250 valence electrons. The minimum atomic E-state index is -1.28. The molecule has 12 heteroatoms. The normalized spacial score (nSPS) is 13.6. The second-order valence-corrected chi connectivity index (χ2v) is 11.9. The molecule has 4 aromatic rings. The summed E-state index contributed by atoms with van der Waals surface area (Å²) in [6.07, 6.45) is -0.898. The number of hydrogen-bond acceptors (Lipinski definition) is 6. The quantitative estimate of drug-likeness (QED) is 0.171. The summed E-state index contributed by atoms with van der Waals surface area (Å²) in [5.41, 5.74) is 2.91. The Bertz CT molecular complexity index is 1670. The average Bonchev–Trinajstić information content (AvgIpc) is 3.11. The van der Waals surface area contributed by atoms with Crippen molar-refractivity contribution in [2.45, 2.75) is 31.5 Å². The molecule has 1 unspecified atom stereocenters. The molecule has 1 heterocycles. The number of nitrogens with one attached hydrogen (secondary N) is 2. The fourth-order valence-electron chi connectivity index (χ4n) is 5.74. The van der Waals surface area contributed by atoms with Gasteiger partial charge >= 0.3 is 41.6 Å². The molecule has 5 rings (SSSR count). The van der Waals surface area contributed by atoms with Gasteiger partial charge in [0, 0.05) is 37.6 Å². The molecule has 0 radical (unpaired) electrons. The van der Waals surface area contributed by atoms with E-state index in [0.717, 1.165) is 5.56 Å². The number of benzene rings is 4. The van der Waals surface area contributed by atoms with Crippen LogP contribution in [0.25, 0.3) is 0 Å². The summed E-state index contributed by atoms with van der Waals surface area (Å²) in [6.45, 7) is 2.30. The summed E-state index contributed by atoms with van der Waals surface area (Å²) in [4.78, 5) is 55.5. The van der Waals surface area contributed by atoms with Crippen LogP contribution in [0, 0.1) is 0 Å². The third kappa shape index (κ3) is 10.6. The molecule has 0 saturated carbocycles. The van der Waals surface area contributed by atoms with Crippen molar-refractivity contribution in [3.05, 3.63) is 136 Å². The van der Waals surface area contributed by atoms with Crippen molar-refractivity contribution < 1.29 is 29.0 Å². The predicted octanol–water partition coefficient (Wildman–Crippen LogP) is 5.34. The molecule has 0 aromatic heterocycles. The van der Waals surface area contributed by atoms with Crippen LogP contribution in [-0.2, 0) is 20.9 Å². The Hall–Kier alpha value is -4.19. The summed E-state index contributed by atoms with van der Waals surface area (Å²) >= 11 is 5.97. The molecule has 0 bridgehead atoms. The number of anilines is 1. The first-order chi connectivity index (χ1) is 23.3. The summed E-state index contributed by atoms with van der Waals surface area (Å²) in [7, 11) is 0. The van der Waals surface area contributed by atoms with Crippen molar-refractivity contribution in [3.8, 4) is 0 Å². The molecular weight excluding hydrogens is 655 g/mol. The van der Waals surface area contributed by atoms with Gasteiger partial charge < -0.3 is 25.4 Å². The van der Waals surface area contributed by atoms with Crippen molar-refractivity contribution in [3.63, 3.8) is 0 Å². The number of ether oxygens (including phenoxy) is 1. The number of carbonyl (C=O) groups excluding carboxylic acids is 3. The molecular formula is C37H38ClN4NaO6. The Morgan fingerprint density at radius 2 is 1.37 bits per heavy atom. The van der Waals surface area contributed by atoms with E-state index in [-0.39, 0.29) is 77.2 Å². The third-order valence-electron chi connectivity index (χ3n) is 8.20. The number of hydrogen-bond donors (Lipinski definition) is 3. The summed E-state index contributed by atoms with van der Waals surface area (Å²) < 4.78 is 5.32. The van der Waals surface area contributed by atoms with Crippen molar-refractivity contribution in [2.24, 2.45) is 0 Å². The molecule has 0 spiro atoms. The van der Waals surface area contributed by atoms with Crippen molar-refractivity contribution in [2.75, 3.05) is 31.5 Å². The first kappa shape index (κ1) is 37.6. The molecule has 0 aliphatic carbocycles. The van der Waals surface area contributed by atoms with E-state index in [2.05, 4.69) is 39.8 Å². The van der Waals surface area contributed by atoms with E-state index < -0.39 is 24.0 Å². The number of alkyl carbamates (subject to hydrolysis) is 1. The number of piperazine rings is 1. The molecule has 49 heavy (non-hydrogen) atoms. The van der Waals surface area contributed by atoms with Crippen molar-refractivity contribution in [1.82, 2.24) is 15.1 Å². The fraction of sp³-hybridized carbons (Fsp3) is 0.243. The van der Waals surface area contributed by atoms with Crippen LogP contribution in [0.15, 0.2) is 109 Å². The van der Waals surface area contributed by atoms with Gasteiger partial charge in [-0.3, -0.25) is 14.5 Å². The second-order valence-electron chi connectivity index (χ2n) is 11.4. The van der Waals surface area contributed by atoms with E-state index in [1.54, 1.807) is 17.0 Å². The van der Waals surface area contributed by atoms with Crippen LogP contribution in [0.3, 0.4) is 0 Å². The molecule has 1 fully saturated rings. The second kappa shape index (κ2) is 18.5. The summed E-state index contributed by atoms with van der Waals surface area (Å²) in [5.74, 6) is -2.13. The molecule has 3 amide bonds. The maximum atomic E-state index is 13.4. The Balaban J connectivity index is 0.00000541. The molecule has 3 N–H and O–H groups in total. The molecule has 4 aromatic carbocycles. The standard InChI is InChI=1S/C37H37ClN4O6.Na.H/c38-29-16-17-31(30(24-29)36(45)46)39-35(44)32(40-37(47)48-25-26-10-4-1-5-11-26)18-19-33(43)41-20-22-42(23-21-41)34(27-12-6-2-7-13-27)28-14-8-3-9-15-28;;/h1-17,24,32,34H,18-23,25H2,(H,39,44)(H,40,47)(H,45,46);;. The van der Waals surface area contributed by atoms with Gasteiger partial charge in [-0.1, -0.05) is 103 Å². The van der Waals surface area contributed by atoms with Gasteiger partial charge in [-0.25, -0.2) is 9.59 Å². The Kier molecular flexibility index (Phi) is 14.2. The first-order valence-electron chi connectivity index (χ1n) is 15.7. The van der Waals surface area contributed by atoms with Gasteiger partial charge in [-0.15, -0.1) is 0 Å². The topological polar surface area (TPSA) is 128 Å². The predicted molar refractivity (Wildman–Crippen MR) is 190 cm³/mol. The number of carboxylic acid groups (broad SMARTS) is 1. The molecule has 1 saturated heterocycles. The number of carboxylic acids is 1.